The van der Waals surface area contributed by atoms with Crippen LogP contribution in [0, 0.1) is 12.7 Å². The van der Waals surface area contributed by atoms with Gasteiger partial charge in [-0.2, -0.15) is 0 Å². The molecule has 1 aromatic heterocycles. The number of aryl methyl sites for hydroxylation is 1. The average molecular weight is 313 g/mol. The molecule has 0 aliphatic carbocycles. The van der Waals surface area contributed by atoms with Gasteiger partial charge in [0.25, 0.3) is 0 Å². The van der Waals surface area contributed by atoms with Crippen LogP contribution in [0.1, 0.15) is 30.0 Å². The minimum Gasteiger partial charge on any atom is -0.360 e. The molecular weight excluding hydrogens is 299 g/mol. The molecule has 0 bridgehead atoms. The van der Waals surface area contributed by atoms with E-state index < -0.39 is 0 Å². The lowest BCUT2D eigenvalue weighted by molar-refractivity contribution is 0.362. The molecule has 1 heterocycles. The highest BCUT2D eigenvalue weighted by atomic mass is 79.9. The van der Waals surface area contributed by atoms with Gasteiger partial charge in [-0.15, -0.1) is 0 Å². The van der Waals surface area contributed by atoms with Crippen molar-refractivity contribution in [1.82, 2.24) is 10.5 Å². The quantitative estimate of drug-likeness (QED) is 0.934. The first-order valence-electron chi connectivity index (χ1n) is 5.67. The Hall–Kier alpha value is -1.20. The molecule has 2 aromatic rings. The fourth-order valence-corrected chi connectivity index (χ4v) is 2.09. The number of halogens is 2. The van der Waals surface area contributed by atoms with Gasteiger partial charge in [-0.25, -0.2) is 4.39 Å². The van der Waals surface area contributed by atoms with Crippen molar-refractivity contribution >= 4 is 15.9 Å². The number of nitrogens with zero attached hydrogens (tertiary/aromatic N) is 1. The third-order valence-corrected chi connectivity index (χ3v) is 3.18. The Bertz CT molecular complexity index is 542. The van der Waals surface area contributed by atoms with Gasteiger partial charge in [0.2, 0.25) is 0 Å². The van der Waals surface area contributed by atoms with E-state index in [0.717, 1.165) is 15.9 Å². The third kappa shape index (κ3) is 3.17. The molecule has 2 rings (SSSR count). The van der Waals surface area contributed by atoms with Crippen molar-refractivity contribution in [2.75, 3.05) is 0 Å². The molecule has 0 fully saturated rings. The highest BCUT2D eigenvalue weighted by Crippen LogP contribution is 2.21. The molecule has 0 saturated heterocycles. The van der Waals surface area contributed by atoms with Crippen molar-refractivity contribution in [3.8, 4) is 0 Å². The van der Waals surface area contributed by atoms with Gasteiger partial charge in [0.1, 0.15) is 5.82 Å². The van der Waals surface area contributed by atoms with Gasteiger partial charge in [0, 0.05) is 22.1 Å². The van der Waals surface area contributed by atoms with Crippen LogP contribution in [0.25, 0.3) is 0 Å². The molecule has 1 N–H and O–H groups in total. The maximum atomic E-state index is 13.7. The van der Waals surface area contributed by atoms with Gasteiger partial charge in [-0.1, -0.05) is 21.1 Å². The summed E-state index contributed by atoms with van der Waals surface area (Å²) in [5.74, 6) is 0.529. The molecule has 0 radical (unpaired) electrons. The van der Waals surface area contributed by atoms with Crippen LogP contribution >= 0.6 is 15.9 Å². The summed E-state index contributed by atoms with van der Waals surface area (Å²) in [5, 5.41) is 7.00. The second-order valence-corrected chi connectivity index (χ2v) is 5.12. The molecular formula is C13H14BrFN2O. The predicted octanol–water partition coefficient (Wildman–Crippen LogP) is 3.74. The molecule has 5 heteroatoms. The number of aromatic nitrogens is 1. The third-order valence-electron chi connectivity index (χ3n) is 2.68. The lowest BCUT2D eigenvalue weighted by Crippen LogP contribution is -2.18. The standard InChI is InChI=1S/C13H14BrFN2O/c1-8-5-11(18-17-8)7-16-9(2)12-6-10(14)3-4-13(12)15/h3-6,9,16H,7H2,1-2H3. The summed E-state index contributed by atoms with van der Waals surface area (Å²) in [6.07, 6.45) is 0. The Labute approximate surface area is 113 Å². The van der Waals surface area contributed by atoms with E-state index in [1.54, 1.807) is 12.1 Å². The minimum atomic E-state index is -0.216. The van der Waals surface area contributed by atoms with Crippen LogP contribution in [-0.4, -0.2) is 5.16 Å². The average Bonchev–Trinajstić information content (AvgIpc) is 2.75. The predicted molar refractivity (Wildman–Crippen MR) is 70.6 cm³/mol. The normalized spacial score (nSPS) is 12.7. The summed E-state index contributed by atoms with van der Waals surface area (Å²) in [6, 6.07) is 6.67. The Balaban J connectivity index is 2.03. The van der Waals surface area contributed by atoms with Gasteiger partial charge in [-0.3, -0.25) is 0 Å². The molecule has 0 aliphatic rings. The summed E-state index contributed by atoms with van der Waals surface area (Å²) < 4.78 is 19.6. The number of nitrogens with one attached hydrogen (secondary N) is 1. The van der Waals surface area contributed by atoms with Crippen LogP contribution in [0.4, 0.5) is 4.39 Å². The van der Waals surface area contributed by atoms with E-state index in [0.29, 0.717) is 12.1 Å². The molecule has 0 saturated carbocycles. The Morgan fingerprint density at radius 3 is 2.89 bits per heavy atom. The van der Waals surface area contributed by atoms with E-state index in [2.05, 4.69) is 26.4 Å². The van der Waals surface area contributed by atoms with Gasteiger partial charge in [-0.05, 0) is 32.0 Å². The molecule has 96 valence electrons. The largest absolute Gasteiger partial charge is 0.360 e. The van der Waals surface area contributed by atoms with Crippen molar-refractivity contribution in [3.05, 3.63) is 51.6 Å². The lowest BCUT2D eigenvalue weighted by Gasteiger charge is -2.14. The summed E-state index contributed by atoms with van der Waals surface area (Å²) in [6.45, 7) is 4.30. The first kappa shape index (κ1) is 13.2. The van der Waals surface area contributed by atoms with E-state index in [1.165, 1.54) is 6.07 Å². The van der Waals surface area contributed by atoms with E-state index in [9.17, 15) is 4.39 Å². The highest BCUT2D eigenvalue weighted by Gasteiger charge is 2.12. The van der Waals surface area contributed by atoms with E-state index in [-0.39, 0.29) is 11.9 Å². The maximum absolute atomic E-state index is 13.7. The Morgan fingerprint density at radius 2 is 2.22 bits per heavy atom. The van der Waals surface area contributed by atoms with Crippen LogP contribution in [-0.2, 0) is 6.54 Å². The van der Waals surface area contributed by atoms with E-state index in [4.69, 9.17) is 4.52 Å². The number of rotatable bonds is 4. The summed E-state index contributed by atoms with van der Waals surface area (Å²) in [5.41, 5.74) is 1.47. The molecule has 0 spiro atoms. The maximum Gasteiger partial charge on any atom is 0.150 e. The number of hydrogen-bond donors (Lipinski definition) is 1. The molecule has 3 nitrogen and oxygen atoms in total. The second-order valence-electron chi connectivity index (χ2n) is 4.20. The van der Waals surface area contributed by atoms with Gasteiger partial charge in [0.05, 0.1) is 12.2 Å². The monoisotopic (exact) mass is 312 g/mol. The van der Waals surface area contributed by atoms with Crippen molar-refractivity contribution in [2.24, 2.45) is 0 Å². The lowest BCUT2D eigenvalue weighted by atomic mass is 10.1. The molecule has 0 amide bonds. The molecule has 18 heavy (non-hydrogen) atoms. The van der Waals surface area contributed by atoms with Crippen molar-refractivity contribution in [1.29, 1.82) is 0 Å². The van der Waals surface area contributed by atoms with Gasteiger partial charge < -0.3 is 9.84 Å². The zero-order valence-electron chi connectivity index (χ0n) is 10.2. The van der Waals surface area contributed by atoms with Crippen LogP contribution in [0.5, 0.6) is 0 Å². The topological polar surface area (TPSA) is 38.1 Å². The smallest absolute Gasteiger partial charge is 0.150 e. The van der Waals surface area contributed by atoms with Gasteiger partial charge in [0.15, 0.2) is 5.76 Å². The number of benzene rings is 1. The van der Waals surface area contributed by atoms with Crippen LogP contribution in [0.15, 0.2) is 33.3 Å². The summed E-state index contributed by atoms with van der Waals surface area (Å²) >= 11 is 3.34. The van der Waals surface area contributed by atoms with E-state index in [1.807, 2.05) is 19.9 Å². The first-order valence-corrected chi connectivity index (χ1v) is 6.46. The van der Waals surface area contributed by atoms with E-state index >= 15 is 0 Å². The molecule has 1 unspecified atom stereocenters. The first-order chi connectivity index (χ1) is 8.56. The zero-order valence-corrected chi connectivity index (χ0v) is 11.8. The number of hydrogen-bond acceptors (Lipinski definition) is 3. The van der Waals surface area contributed by atoms with Crippen molar-refractivity contribution in [3.63, 3.8) is 0 Å². The van der Waals surface area contributed by atoms with Crippen LogP contribution in [0.2, 0.25) is 0 Å². The fraction of sp³-hybridized carbons (Fsp3) is 0.308. The summed E-state index contributed by atoms with van der Waals surface area (Å²) in [7, 11) is 0. The SMILES string of the molecule is Cc1cc(CNC(C)c2cc(Br)ccc2F)on1. The Morgan fingerprint density at radius 1 is 1.44 bits per heavy atom. The van der Waals surface area contributed by atoms with Crippen molar-refractivity contribution < 1.29 is 8.91 Å². The zero-order chi connectivity index (χ0) is 13.1. The molecule has 1 aromatic carbocycles. The van der Waals surface area contributed by atoms with Crippen molar-refractivity contribution in [2.45, 2.75) is 26.4 Å². The molecule has 1 atom stereocenters. The minimum absolute atomic E-state index is 0.104. The van der Waals surface area contributed by atoms with Gasteiger partial charge >= 0.3 is 0 Å². The highest BCUT2D eigenvalue weighted by molar-refractivity contribution is 9.10. The fourth-order valence-electron chi connectivity index (χ4n) is 1.71. The van der Waals surface area contributed by atoms with Crippen LogP contribution < -0.4 is 5.32 Å². The van der Waals surface area contributed by atoms with Crippen LogP contribution in [0.3, 0.4) is 0 Å². The molecule has 0 aliphatic heterocycles. The second kappa shape index (κ2) is 5.63. The Kier molecular flexibility index (Phi) is 4.14. The summed E-state index contributed by atoms with van der Waals surface area (Å²) in [4.78, 5) is 0.